The minimum absolute atomic E-state index is 0.180. The molecule has 1 heterocycles. The summed E-state index contributed by atoms with van der Waals surface area (Å²) < 4.78 is 27.6. The summed E-state index contributed by atoms with van der Waals surface area (Å²) in [6.07, 6.45) is 3.28. The second kappa shape index (κ2) is 8.45. The van der Waals surface area contributed by atoms with Gasteiger partial charge in [-0.25, -0.2) is 13.9 Å². The molecule has 9 heteroatoms. The standard InChI is InChI=1S/C20H20Cl2N2O4S/c1-20(15-5-8-17(21)18(22)12-15)10-11-24(13-20)29(27,28)16-6-2-14(3-7-16)4-9-19(25)23-26/h2-9,12,26H,10-11,13H2,1H3,(H,23,25)/b9-4+/t20-/m1/s1. The Hall–Kier alpha value is -1.90. The summed E-state index contributed by atoms with van der Waals surface area (Å²) in [7, 11) is -3.66. The van der Waals surface area contributed by atoms with Gasteiger partial charge in [-0.1, -0.05) is 48.3 Å². The van der Waals surface area contributed by atoms with Gasteiger partial charge in [0.25, 0.3) is 5.91 Å². The highest BCUT2D eigenvalue weighted by molar-refractivity contribution is 7.89. The third-order valence-electron chi connectivity index (χ3n) is 5.11. The minimum Gasteiger partial charge on any atom is -0.288 e. The Morgan fingerprint density at radius 1 is 1.17 bits per heavy atom. The lowest BCUT2D eigenvalue weighted by Crippen LogP contribution is -2.33. The van der Waals surface area contributed by atoms with E-state index >= 15 is 0 Å². The predicted molar refractivity (Wildman–Crippen MR) is 113 cm³/mol. The number of nitrogens with zero attached hydrogens (tertiary/aromatic N) is 1. The van der Waals surface area contributed by atoms with Crippen molar-refractivity contribution in [2.75, 3.05) is 13.1 Å². The van der Waals surface area contributed by atoms with Crippen LogP contribution in [0.2, 0.25) is 10.0 Å². The van der Waals surface area contributed by atoms with Gasteiger partial charge in [0.15, 0.2) is 0 Å². The van der Waals surface area contributed by atoms with Crippen molar-refractivity contribution in [3.8, 4) is 0 Å². The van der Waals surface area contributed by atoms with Crippen molar-refractivity contribution in [2.24, 2.45) is 0 Å². The molecule has 2 aromatic carbocycles. The van der Waals surface area contributed by atoms with Gasteiger partial charge in [-0.3, -0.25) is 10.0 Å². The van der Waals surface area contributed by atoms with Crippen LogP contribution in [0.4, 0.5) is 0 Å². The summed E-state index contributed by atoms with van der Waals surface area (Å²) in [5.41, 5.74) is 2.72. The van der Waals surface area contributed by atoms with Gasteiger partial charge in [-0.15, -0.1) is 0 Å². The van der Waals surface area contributed by atoms with Crippen molar-refractivity contribution in [3.63, 3.8) is 0 Å². The first-order valence-corrected chi connectivity index (χ1v) is 11.0. The highest BCUT2D eigenvalue weighted by Gasteiger charge is 2.41. The van der Waals surface area contributed by atoms with Crippen LogP contribution >= 0.6 is 23.2 Å². The fourth-order valence-electron chi connectivity index (χ4n) is 3.34. The molecule has 0 aliphatic carbocycles. The number of benzene rings is 2. The van der Waals surface area contributed by atoms with Crippen LogP contribution < -0.4 is 5.48 Å². The number of rotatable bonds is 5. The number of halogens is 2. The quantitative estimate of drug-likeness (QED) is 0.407. The number of hydrogen-bond donors (Lipinski definition) is 2. The van der Waals surface area contributed by atoms with E-state index in [4.69, 9.17) is 28.4 Å². The van der Waals surface area contributed by atoms with Gasteiger partial charge in [-0.05, 0) is 47.9 Å². The lowest BCUT2D eigenvalue weighted by Gasteiger charge is -2.25. The molecule has 0 saturated carbocycles. The van der Waals surface area contributed by atoms with Crippen LogP contribution in [0.1, 0.15) is 24.5 Å². The molecule has 1 fully saturated rings. The average Bonchev–Trinajstić information content (AvgIpc) is 3.12. The van der Waals surface area contributed by atoms with Gasteiger partial charge in [-0.2, -0.15) is 4.31 Å². The maximum absolute atomic E-state index is 13.1. The summed E-state index contributed by atoms with van der Waals surface area (Å²) in [5.74, 6) is -0.666. The zero-order valence-corrected chi connectivity index (χ0v) is 17.9. The summed E-state index contributed by atoms with van der Waals surface area (Å²) >= 11 is 12.1. The number of hydrogen-bond acceptors (Lipinski definition) is 4. The van der Waals surface area contributed by atoms with Crippen LogP contribution in [0.3, 0.4) is 0 Å². The van der Waals surface area contributed by atoms with E-state index < -0.39 is 15.9 Å². The molecule has 2 N–H and O–H groups in total. The van der Waals surface area contributed by atoms with Crippen LogP contribution in [0.15, 0.2) is 53.4 Å². The molecule has 6 nitrogen and oxygen atoms in total. The van der Waals surface area contributed by atoms with Crippen molar-refractivity contribution in [2.45, 2.75) is 23.7 Å². The molecule has 2 aromatic rings. The second-order valence-electron chi connectivity index (χ2n) is 7.16. The molecule has 1 aliphatic heterocycles. The SMILES string of the molecule is C[C@@]1(c2ccc(Cl)c(Cl)c2)CCN(S(=O)(=O)c2ccc(/C=C/C(=O)NO)cc2)C1. The molecular weight excluding hydrogens is 435 g/mol. The summed E-state index contributed by atoms with van der Waals surface area (Å²) in [5, 5.41) is 9.40. The summed E-state index contributed by atoms with van der Waals surface area (Å²) in [6, 6.07) is 11.6. The number of carbonyl (C=O) groups excluding carboxylic acids is 1. The minimum atomic E-state index is -3.66. The van der Waals surface area contributed by atoms with Gasteiger partial charge in [0.2, 0.25) is 10.0 Å². The highest BCUT2D eigenvalue weighted by Crippen LogP contribution is 2.38. The van der Waals surface area contributed by atoms with Crippen molar-refractivity contribution < 1.29 is 18.4 Å². The number of sulfonamides is 1. The Kier molecular flexibility index (Phi) is 6.36. The van der Waals surface area contributed by atoms with Gasteiger partial charge < -0.3 is 0 Å². The Morgan fingerprint density at radius 2 is 1.86 bits per heavy atom. The lowest BCUT2D eigenvalue weighted by molar-refractivity contribution is -0.124. The topological polar surface area (TPSA) is 86.7 Å². The van der Waals surface area contributed by atoms with Gasteiger partial charge in [0, 0.05) is 24.6 Å². The van der Waals surface area contributed by atoms with Crippen molar-refractivity contribution in [3.05, 3.63) is 69.7 Å². The van der Waals surface area contributed by atoms with E-state index in [1.807, 2.05) is 13.0 Å². The van der Waals surface area contributed by atoms with Crippen LogP contribution in [-0.2, 0) is 20.2 Å². The molecule has 154 valence electrons. The molecule has 1 saturated heterocycles. The molecule has 1 aliphatic rings. The first kappa shape index (κ1) is 21.8. The molecule has 0 radical (unpaired) electrons. The maximum atomic E-state index is 13.1. The number of carbonyl (C=O) groups is 1. The monoisotopic (exact) mass is 454 g/mol. The first-order chi connectivity index (χ1) is 13.7. The fraction of sp³-hybridized carbons (Fsp3) is 0.250. The average molecular weight is 455 g/mol. The van der Waals surface area contributed by atoms with Crippen molar-refractivity contribution >= 4 is 45.2 Å². The Balaban J connectivity index is 1.79. The molecule has 3 rings (SSSR count). The zero-order chi connectivity index (χ0) is 21.2. The van der Waals surface area contributed by atoms with Gasteiger partial charge >= 0.3 is 0 Å². The molecule has 0 unspecified atom stereocenters. The van der Waals surface area contributed by atoms with Crippen LogP contribution in [0.5, 0.6) is 0 Å². The molecule has 0 spiro atoms. The zero-order valence-electron chi connectivity index (χ0n) is 15.6. The second-order valence-corrected chi connectivity index (χ2v) is 9.91. The summed E-state index contributed by atoms with van der Waals surface area (Å²) in [6.45, 7) is 2.76. The molecular formula is C20H20Cl2N2O4S. The highest BCUT2D eigenvalue weighted by atomic mass is 35.5. The van der Waals surface area contributed by atoms with E-state index in [0.29, 0.717) is 35.1 Å². The third kappa shape index (κ3) is 4.65. The molecule has 29 heavy (non-hydrogen) atoms. The van der Waals surface area contributed by atoms with Gasteiger partial charge in [0.05, 0.1) is 14.9 Å². The first-order valence-electron chi connectivity index (χ1n) is 8.84. The fourth-order valence-corrected chi connectivity index (χ4v) is 5.20. The smallest absolute Gasteiger partial charge is 0.267 e. The normalized spacial score (nSPS) is 20.3. The molecule has 1 amide bonds. The largest absolute Gasteiger partial charge is 0.288 e. The molecule has 0 aromatic heterocycles. The maximum Gasteiger partial charge on any atom is 0.267 e. The Labute approximate surface area is 179 Å². The molecule has 1 atom stereocenters. The van der Waals surface area contributed by atoms with E-state index in [-0.39, 0.29) is 10.3 Å². The number of amides is 1. The predicted octanol–water partition coefficient (Wildman–Crippen LogP) is 3.86. The van der Waals surface area contributed by atoms with Crippen molar-refractivity contribution in [1.29, 1.82) is 0 Å². The van der Waals surface area contributed by atoms with Crippen molar-refractivity contribution in [1.82, 2.24) is 9.79 Å². The van der Waals surface area contributed by atoms with E-state index in [2.05, 4.69) is 0 Å². The Morgan fingerprint density at radius 3 is 2.48 bits per heavy atom. The Bertz CT molecular complexity index is 1050. The third-order valence-corrected chi connectivity index (χ3v) is 7.71. The van der Waals surface area contributed by atoms with Crippen LogP contribution in [0, 0.1) is 0 Å². The number of hydroxylamine groups is 1. The summed E-state index contributed by atoms with van der Waals surface area (Å²) in [4.78, 5) is 11.2. The van der Waals surface area contributed by atoms with E-state index in [1.54, 1.807) is 24.3 Å². The van der Waals surface area contributed by atoms with E-state index in [9.17, 15) is 13.2 Å². The van der Waals surface area contributed by atoms with E-state index in [0.717, 1.165) is 11.6 Å². The van der Waals surface area contributed by atoms with Crippen LogP contribution in [-0.4, -0.2) is 36.9 Å². The van der Waals surface area contributed by atoms with E-state index in [1.165, 1.54) is 28.0 Å². The lowest BCUT2D eigenvalue weighted by atomic mass is 9.82. The number of nitrogens with one attached hydrogen (secondary N) is 1. The molecule has 0 bridgehead atoms. The van der Waals surface area contributed by atoms with Gasteiger partial charge in [0.1, 0.15) is 0 Å². The van der Waals surface area contributed by atoms with Crippen LogP contribution in [0.25, 0.3) is 6.08 Å².